The van der Waals surface area contributed by atoms with Crippen molar-refractivity contribution in [2.24, 2.45) is 0 Å². The normalized spacial score (nSPS) is 24.1. The molecule has 1 fully saturated rings. The van der Waals surface area contributed by atoms with Gasteiger partial charge >= 0.3 is 6.09 Å². The van der Waals surface area contributed by atoms with E-state index in [1.807, 2.05) is 0 Å². The summed E-state index contributed by atoms with van der Waals surface area (Å²) in [5.74, 6) is 0. The maximum Gasteiger partial charge on any atom is 0.407 e. The van der Waals surface area contributed by atoms with E-state index in [-0.39, 0.29) is 12.6 Å². The molecule has 0 aromatic rings. The second-order valence-electron chi connectivity index (χ2n) is 2.72. The van der Waals surface area contributed by atoms with Crippen molar-refractivity contribution in [1.82, 2.24) is 4.90 Å². The Kier molecular flexibility index (Phi) is 3.31. The fraction of sp³-hybridized carbons (Fsp3) is 0.857. The zero-order valence-corrected chi connectivity index (χ0v) is 6.77. The molecule has 1 saturated heterocycles. The lowest BCUT2D eigenvalue weighted by Crippen LogP contribution is -2.48. The van der Waals surface area contributed by atoms with Crippen LogP contribution in [0.25, 0.3) is 0 Å². The van der Waals surface area contributed by atoms with Crippen LogP contribution in [0.2, 0.25) is 0 Å². The van der Waals surface area contributed by atoms with Gasteiger partial charge in [0.1, 0.15) is 0 Å². The Bertz CT molecular complexity index is 159. The molecule has 70 valence electrons. The molecule has 0 spiro atoms. The van der Waals surface area contributed by atoms with E-state index in [1.54, 1.807) is 0 Å². The molecule has 12 heavy (non-hydrogen) atoms. The van der Waals surface area contributed by atoms with Crippen molar-refractivity contribution < 1.29 is 19.7 Å². The number of hydrogen-bond donors (Lipinski definition) is 2. The summed E-state index contributed by atoms with van der Waals surface area (Å²) in [6.45, 7) is 1.25. The summed E-state index contributed by atoms with van der Waals surface area (Å²) >= 11 is 0. The van der Waals surface area contributed by atoms with Crippen LogP contribution in [-0.2, 0) is 4.74 Å². The van der Waals surface area contributed by atoms with Crippen molar-refractivity contribution in [1.29, 1.82) is 0 Å². The number of morpholine rings is 1. The standard InChI is InChI=1S/C7H13NO4/c9-3-1-6-5-12-4-2-8(6)7(10)11/h6,9H,1-5H2,(H,10,11). The number of aliphatic hydroxyl groups is 1. The van der Waals surface area contributed by atoms with Crippen LogP contribution < -0.4 is 0 Å². The van der Waals surface area contributed by atoms with E-state index in [0.29, 0.717) is 26.2 Å². The molecule has 1 amide bonds. The van der Waals surface area contributed by atoms with Gasteiger partial charge in [0.25, 0.3) is 0 Å². The molecule has 2 N–H and O–H groups in total. The Morgan fingerprint density at radius 3 is 3.00 bits per heavy atom. The summed E-state index contributed by atoms with van der Waals surface area (Å²) in [6.07, 6.45) is -0.483. The molecule has 0 saturated carbocycles. The highest BCUT2D eigenvalue weighted by Gasteiger charge is 2.25. The first-order chi connectivity index (χ1) is 5.75. The van der Waals surface area contributed by atoms with E-state index < -0.39 is 6.09 Å². The summed E-state index contributed by atoms with van der Waals surface area (Å²) < 4.78 is 5.10. The topological polar surface area (TPSA) is 70.0 Å². The molecular weight excluding hydrogens is 162 g/mol. The Hall–Kier alpha value is -0.810. The Morgan fingerprint density at radius 1 is 1.67 bits per heavy atom. The second kappa shape index (κ2) is 4.27. The van der Waals surface area contributed by atoms with Crippen molar-refractivity contribution in [2.75, 3.05) is 26.4 Å². The molecular formula is C7H13NO4. The summed E-state index contributed by atoms with van der Waals surface area (Å²) in [5, 5.41) is 17.4. The third-order valence-corrected chi connectivity index (χ3v) is 1.94. The number of rotatable bonds is 2. The number of hydrogen-bond acceptors (Lipinski definition) is 3. The van der Waals surface area contributed by atoms with Gasteiger partial charge in [0.05, 0.1) is 19.3 Å². The van der Waals surface area contributed by atoms with Gasteiger partial charge in [-0.15, -0.1) is 0 Å². The van der Waals surface area contributed by atoms with Gasteiger partial charge in [-0.05, 0) is 6.42 Å². The molecule has 1 unspecified atom stereocenters. The average Bonchev–Trinajstić information content (AvgIpc) is 2.05. The van der Waals surface area contributed by atoms with Crippen molar-refractivity contribution in [2.45, 2.75) is 12.5 Å². The van der Waals surface area contributed by atoms with Crippen LogP contribution in [-0.4, -0.2) is 53.6 Å². The third kappa shape index (κ3) is 2.09. The molecule has 5 nitrogen and oxygen atoms in total. The molecule has 1 heterocycles. The lowest BCUT2D eigenvalue weighted by molar-refractivity contribution is -0.00731. The van der Waals surface area contributed by atoms with Gasteiger partial charge in [0, 0.05) is 13.2 Å². The highest BCUT2D eigenvalue weighted by molar-refractivity contribution is 5.65. The van der Waals surface area contributed by atoms with Crippen LogP contribution in [0.1, 0.15) is 6.42 Å². The van der Waals surface area contributed by atoms with Crippen molar-refractivity contribution in [3.8, 4) is 0 Å². The van der Waals surface area contributed by atoms with Crippen LogP contribution in [0.4, 0.5) is 4.79 Å². The largest absolute Gasteiger partial charge is 0.465 e. The van der Waals surface area contributed by atoms with Crippen molar-refractivity contribution >= 4 is 6.09 Å². The van der Waals surface area contributed by atoms with E-state index in [4.69, 9.17) is 14.9 Å². The fourth-order valence-electron chi connectivity index (χ4n) is 1.29. The summed E-state index contributed by atoms with van der Waals surface area (Å²) in [6, 6.07) is -0.179. The van der Waals surface area contributed by atoms with E-state index in [0.717, 1.165) is 0 Å². The summed E-state index contributed by atoms with van der Waals surface area (Å²) in [4.78, 5) is 11.9. The molecule has 0 radical (unpaired) electrons. The van der Waals surface area contributed by atoms with Crippen LogP contribution in [0, 0.1) is 0 Å². The van der Waals surface area contributed by atoms with Gasteiger partial charge in [-0.25, -0.2) is 4.79 Å². The maximum absolute atomic E-state index is 10.6. The number of aliphatic hydroxyl groups excluding tert-OH is 1. The second-order valence-corrected chi connectivity index (χ2v) is 2.72. The van der Waals surface area contributed by atoms with E-state index in [9.17, 15) is 4.79 Å². The van der Waals surface area contributed by atoms with E-state index >= 15 is 0 Å². The Balaban J connectivity index is 2.48. The first-order valence-corrected chi connectivity index (χ1v) is 3.94. The minimum absolute atomic E-state index is 0.00218. The van der Waals surface area contributed by atoms with Crippen molar-refractivity contribution in [3.05, 3.63) is 0 Å². The van der Waals surface area contributed by atoms with Gasteiger partial charge < -0.3 is 19.8 Å². The van der Waals surface area contributed by atoms with Crippen LogP contribution in [0.3, 0.4) is 0 Å². The highest BCUT2D eigenvalue weighted by Crippen LogP contribution is 2.09. The van der Waals surface area contributed by atoms with Gasteiger partial charge in [-0.3, -0.25) is 0 Å². The molecule has 5 heteroatoms. The fourth-order valence-corrected chi connectivity index (χ4v) is 1.29. The summed E-state index contributed by atoms with van der Waals surface area (Å²) in [5.41, 5.74) is 0. The third-order valence-electron chi connectivity index (χ3n) is 1.94. The van der Waals surface area contributed by atoms with Crippen molar-refractivity contribution in [3.63, 3.8) is 0 Å². The lowest BCUT2D eigenvalue weighted by Gasteiger charge is -2.32. The number of ether oxygens (including phenoxy) is 1. The first kappa shape index (κ1) is 9.28. The predicted molar refractivity (Wildman–Crippen MR) is 41.0 cm³/mol. The zero-order valence-electron chi connectivity index (χ0n) is 6.77. The minimum atomic E-state index is -0.934. The van der Waals surface area contributed by atoms with Gasteiger partial charge in [-0.2, -0.15) is 0 Å². The molecule has 1 aliphatic heterocycles. The quantitative estimate of drug-likeness (QED) is 0.607. The van der Waals surface area contributed by atoms with E-state index in [2.05, 4.69) is 0 Å². The molecule has 0 bridgehead atoms. The van der Waals surface area contributed by atoms with Crippen LogP contribution in [0.5, 0.6) is 0 Å². The first-order valence-electron chi connectivity index (χ1n) is 3.94. The van der Waals surface area contributed by atoms with Gasteiger partial charge in [0.2, 0.25) is 0 Å². The maximum atomic E-state index is 10.6. The zero-order chi connectivity index (χ0) is 8.97. The number of carboxylic acid groups (broad SMARTS) is 1. The summed E-state index contributed by atoms with van der Waals surface area (Å²) in [7, 11) is 0. The monoisotopic (exact) mass is 175 g/mol. The van der Waals surface area contributed by atoms with E-state index in [1.165, 1.54) is 4.90 Å². The van der Waals surface area contributed by atoms with Gasteiger partial charge in [-0.1, -0.05) is 0 Å². The van der Waals surface area contributed by atoms with Crippen LogP contribution >= 0.6 is 0 Å². The smallest absolute Gasteiger partial charge is 0.407 e. The average molecular weight is 175 g/mol. The Labute approximate surface area is 70.5 Å². The van der Waals surface area contributed by atoms with Gasteiger partial charge in [0.15, 0.2) is 0 Å². The SMILES string of the molecule is O=C(O)N1CCOCC1CCO. The Morgan fingerprint density at radius 2 is 2.42 bits per heavy atom. The molecule has 1 rings (SSSR count). The molecule has 0 aromatic carbocycles. The molecule has 0 aromatic heterocycles. The van der Waals surface area contributed by atoms with Crippen LogP contribution in [0.15, 0.2) is 0 Å². The molecule has 0 aliphatic carbocycles. The molecule has 1 aliphatic rings. The highest BCUT2D eigenvalue weighted by atomic mass is 16.5. The lowest BCUT2D eigenvalue weighted by atomic mass is 10.2. The predicted octanol–water partition coefficient (Wildman–Crippen LogP) is -0.252. The molecule has 1 atom stereocenters. The number of carbonyl (C=O) groups is 1. The number of nitrogens with zero attached hydrogens (tertiary/aromatic N) is 1. The number of amides is 1. The minimum Gasteiger partial charge on any atom is -0.465 e.